The zero-order chi connectivity index (χ0) is 79.2. The highest BCUT2D eigenvalue weighted by atomic mass is 16.5. The van der Waals surface area contributed by atoms with Crippen molar-refractivity contribution >= 4 is 63.1 Å². The number of ketones is 1. The van der Waals surface area contributed by atoms with Crippen LogP contribution >= 0.6 is 0 Å². The molecule has 23 nitrogen and oxygen atoms in total. The third kappa shape index (κ3) is 23.3. The summed E-state index contributed by atoms with van der Waals surface area (Å²) in [6.45, 7) is 41.4. The number of hydrogen-bond donors (Lipinski definition) is 2. The SMILES string of the molecule is C=C(Cc1ccn(C(C)C)c(=O)n1)c1ccccc1.C=C(Cc1nc(=O)n(C(C)C)cc1C)c1ccccc1.C=C1NC(=O)N(C(C)C)C=C1C.CC(C)n1cnc2c(CC(=O)c3ccccc3)ncnc21.CC(C)n1cnc2c(OCc3ccc(OC(=O)C(C)(C)C)cc3)nc(NC(=O)Cc3ccccc3)nc21. The van der Waals surface area contributed by atoms with E-state index in [1.807, 2.05) is 230 Å². The lowest BCUT2D eigenvalue weighted by Crippen LogP contribution is -2.43. The van der Waals surface area contributed by atoms with Gasteiger partial charge in [-0.3, -0.25) is 33.7 Å². The zero-order valence-corrected chi connectivity index (χ0v) is 65.0. The van der Waals surface area contributed by atoms with E-state index in [0.717, 1.165) is 61.6 Å². The predicted octanol–water partition coefficient (Wildman–Crippen LogP) is 16.3. The number of nitrogens with zero attached hydrogens (tertiary/aromatic N) is 13. The highest BCUT2D eigenvalue weighted by Gasteiger charge is 2.25. The summed E-state index contributed by atoms with van der Waals surface area (Å²) in [6.07, 6.45) is 12.1. The van der Waals surface area contributed by atoms with Gasteiger partial charge in [-0.05, 0) is 167 Å². The summed E-state index contributed by atoms with van der Waals surface area (Å²) in [5.41, 5.74) is 13.1. The fraction of sp³-hybridized carbons (Fsp3) is 0.302. The van der Waals surface area contributed by atoms with E-state index in [2.05, 4.69) is 84.1 Å². The van der Waals surface area contributed by atoms with Gasteiger partial charge in [0.25, 0.3) is 0 Å². The van der Waals surface area contributed by atoms with Crippen molar-refractivity contribution in [2.75, 3.05) is 5.32 Å². The molecule has 0 fully saturated rings. The van der Waals surface area contributed by atoms with Gasteiger partial charge in [-0.25, -0.2) is 34.3 Å². The van der Waals surface area contributed by atoms with Gasteiger partial charge in [0.1, 0.15) is 24.2 Å². The van der Waals surface area contributed by atoms with Crippen LogP contribution in [0.15, 0.2) is 230 Å². The van der Waals surface area contributed by atoms with Crippen LogP contribution in [0.5, 0.6) is 11.6 Å². The molecule has 109 heavy (non-hydrogen) atoms. The minimum absolute atomic E-state index is 0.0368. The smallest absolute Gasteiger partial charge is 0.348 e. The van der Waals surface area contributed by atoms with Gasteiger partial charge < -0.3 is 23.9 Å². The van der Waals surface area contributed by atoms with Crippen LogP contribution in [0.2, 0.25) is 0 Å². The molecule has 5 aromatic carbocycles. The molecule has 0 spiro atoms. The van der Waals surface area contributed by atoms with Crippen molar-refractivity contribution < 1.29 is 28.7 Å². The molecule has 23 heteroatoms. The lowest BCUT2D eigenvalue weighted by atomic mass is 9.97. The van der Waals surface area contributed by atoms with Crippen molar-refractivity contribution in [1.29, 1.82) is 0 Å². The lowest BCUT2D eigenvalue weighted by molar-refractivity contribution is -0.143. The Bertz CT molecular complexity index is 5130. The molecule has 0 unspecified atom stereocenters. The van der Waals surface area contributed by atoms with Gasteiger partial charge in [0.05, 0.1) is 48.0 Å². The molecule has 0 radical (unpaired) electrons. The van der Waals surface area contributed by atoms with Gasteiger partial charge in [0, 0.05) is 72.9 Å². The summed E-state index contributed by atoms with van der Waals surface area (Å²) in [6, 6.07) is 48.3. The highest BCUT2D eigenvalue weighted by molar-refractivity contribution is 5.98. The average molecular weight is 1470 g/mol. The van der Waals surface area contributed by atoms with Crippen molar-refractivity contribution in [3.8, 4) is 11.6 Å². The van der Waals surface area contributed by atoms with Gasteiger partial charge in [-0.15, -0.1) is 0 Å². The molecule has 0 atom stereocenters. The first kappa shape index (κ1) is 82.3. The van der Waals surface area contributed by atoms with Crippen LogP contribution in [-0.2, 0) is 41.9 Å². The number of amides is 3. The fourth-order valence-electron chi connectivity index (χ4n) is 10.8. The van der Waals surface area contributed by atoms with E-state index in [9.17, 15) is 28.8 Å². The molecular weight excluding hydrogens is 1370 g/mol. The minimum Gasteiger partial charge on any atom is -0.471 e. The molecule has 1 aliphatic heterocycles. The van der Waals surface area contributed by atoms with Gasteiger partial charge in [0.15, 0.2) is 22.6 Å². The molecule has 12 rings (SSSR count). The number of allylic oxidation sites excluding steroid dienone is 3. The Morgan fingerprint density at radius 1 is 0.532 bits per heavy atom. The van der Waals surface area contributed by atoms with Crippen LogP contribution in [0.25, 0.3) is 33.5 Å². The summed E-state index contributed by atoms with van der Waals surface area (Å²) in [5, 5.41) is 5.47. The number of rotatable bonds is 21. The van der Waals surface area contributed by atoms with Gasteiger partial charge in [0.2, 0.25) is 17.7 Å². The number of ether oxygens (including phenoxy) is 2. The van der Waals surface area contributed by atoms with Crippen LogP contribution in [0.1, 0.15) is 176 Å². The molecule has 3 amide bonds. The Balaban J connectivity index is 0.000000180. The van der Waals surface area contributed by atoms with Crippen molar-refractivity contribution in [1.82, 2.24) is 68.4 Å². The van der Waals surface area contributed by atoms with E-state index in [-0.39, 0.29) is 96.6 Å². The van der Waals surface area contributed by atoms with E-state index in [0.29, 0.717) is 52.2 Å². The first-order valence-electron chi connectivity index (χ1n) is 36.2. The number of carbonyl (C=O) groups excluding carboxylic acids is 4. The Morgan fingerprint density at radius 3 is 1.61 bits per heavy atom. The Morgan fingerprint density at radius 2 is 1.06 bits per heavy atom. The Kier molecular flexibility index (Phi) is 28.8. The number of anilines is 1. The fourth-order valence-corrected chi connectivity index (χ4v) is 10.8. The van der Waals surface area contributed by atoms with E-state index in [4.69, 9.17) is 9.47 Å². The van der Waals surface area contributed by atoms with Crippen LogP contribution in [0.4, 0.5) is 10.7 Å². The standard InChI is InChI=1S/C28H31N5O4.C17H20N2O.C16H16N4O.C16H18N2O.C9H14N2O/c1-18(2)33-17-29-23-24(33)31-27(30-22(34)15-19-9-7-6-8-10-19)32-25(23)36-16-20-11-13-21(14-12-20)37-26(35)28(3,4)5;1-12(2)19-11-14(4)16(18-17(19)20)10-13(3)15-8-6-5-7-9-15;1-11(2)20-10-19-15-13(17-9-18-16(15)20)8-14(21)12-6-4-3-5-7-12;1-12(2)18-10-9-15(17-16(18)19)11-13(3)14-7-5-4-6-8-14;1-6(2)11-5-7(3)8(4)10-9(11)12/h6-14,17-18H,15-16H2,1-5H3,(H,30,31,32,34);5-9,11-12H,3,10H2,1-2,4H3;3-7,9-11H,8H2,1-2H3;4-10,12H,3,11H2,1-2H3;5-6H,4H2,1-3H3,(H,10,12). The summed E-state index contributed by atoms with van der Waals surface area (Å²) < 4.78 is 18.6. The maximum Gasteiger partial charge on any atom is 0.348 e. The second-order valence-corrected chi connectivity index (χ2v) is 28.6. The molecule has 11 aromatic rings. The predicted molar refractivity (Wildman–Crippen MR) is 430 cm³/mol. The maximum absolute atomic E-state index is 12.6. The largest absolute Gasteiger partial charge is 0.471 e. The lowest BCUT2D eigenvalue weighted by Gasteiger charge is -2.28. The van der Waals surface area contributed by atoms with Crippen LogP contribution in [0.3, 0.4) is 0 Å². The average Bonchev–Trinajstić information content (AvgIpc) is 1.66. The third-order valence-electron chi connectivity index (χ3n) is 17.2. The van der Waals surface area contributed by atoms with Gasteiger partial charge in [-0.1, -0.05) is 153 Å². The minimum atomic E-state index is -0.590. The summed E-state index contributed by atoms with van der Waals surface area (Å²) >= 11 is 0. The number of imidazole rings is 2. The number of Topliss-reactive ketones (excluding diaryl/α,β-unsaturated/α-hetero) is 1. The topological polar surface area (TPSA) is 271 Å². The number of nitrogens with one attached hydrogen (secondary N) is 2. The molecule has 7 heterocycles. The third-order valence-corrected chi connectivity index (χ3v) is 17.2. The summed E-state index contributed by atoms with van der Waals surface area (Å²) in [7, 11) is 0. The Labute approximate surface area is 637 Å². The number of carbonyl (C=O) groups is 4. The summed E-state index contributed by atoms with van der Waals surface area (Å²) in [5.74, 6) is 0.384. The van der Waals surface area contributed by atoms with Gasteiger partial charge >= 0.3 is 23.4 Å². The molecule has 1 aliphatic rings. The number of urea groups is 1. The van der Waals surface area contributed by atoms with E-state index in [1.54, 1.807) is 65.8 Å². The molecule has 566 valence electrons. The number of aromatic nitrogens is 12. The maximum atomic E-state index is 12.6. The first-order chi connectivity index (χ1) is 51.8. The van der Waals surface area contributed by atoms with Crippen LogP contribution in [-0.4, -0.2) is 92.8 Å². The second kappa shape index (κ2) is 38.2. The molecule has 0 bridgehead atoms. The molecule has 6 aromatic heterocycles. The summed E-state index contributed by atoms with van der Waals surface area (Å²) in [4.78, 5) is 108. The zero-order valence-electron chi connectivity index (χ0n) is 65.0. The van der Waals surface area contributed by atoms with Crippen molar-refractivity contribution in [3.05, 3.63) is 292 Å². The van der Waals surface area contributed by atoms with E-state index in [1.165, 1.54) is 6.33 Å². The van der Waals surface area contributed by atoms with E-state index < -0.39 is 5.41 Å². The van der Waals surface area contributed by atoms with Crippen molar-refractivity contribution in [2.24, 2.45) is 5.41 Å². The first-order valence-corrected chi connectivity index (χ1v) is 36.2. The Hall–Kier alpha value is -12.4. The molecule has 0 saturated carbocycles. The normalized spacial score (nSPS) is 11.9. The number of aryl methyl sites for hydroxylation is 1. The second-order valence-electron chi connectivity index (χ2n) is 28.6. The van der Waals surface area contributed by atoms with Gasteiger partial charge in [-0.2, -0.15) is 19.9 Å². The number of hydrogen-bond acceptors (Lipinski definition) is 16. The van der Waals surface area contributed by atoms with Crippen LogP contribution in [0, 0.1) is 12.3 Å². The number of benzene rings is 5. The van der Waals surface area contributed by atoms with Crippen molar-refractivity contribution in [3.63, 3.8) is 0 Å². The molecule has 0 saturated heterocycles. The molecule has 2 N–H and O–H groups in total. The highest BCUT2D eigenvalue weighted by Crippen LogP contribution is 2.28. The number of fused-ring (bicyclic) bond motifs is 2. The monoisotopic (exact) mass is 1470 g/mol. The van der Waals surface area contributed by atoms with Crippen LogP contribution < -0.4 is 31.5 Å². The van der Waals surface area contributed by atoms with Crippen molar-refractivity contribution in [2.45, 2.75) is 166 Å². The molecular formula is C86H99N15O8. The van der Waals surface area contributed by atoms with E-state index >= 15 is 0 Å². The molecule has 0 aliphatic carbocycles. The quantitative estimate of drug-likeness (QED) is 0.0384. The number of esters is 1.